The van der Waals surface area contributed by atoms with Gasteiger partial charge in [-0.15, -0.1) is 0 Å². The third-order valence-electron chi connectivity index (χ3n) is 4.07. The lowest BCUT2D eigenvalue weighted by Crippen LogP contribution is -2.17. The molecule has 0 bridgehead atoms. The number of halogens is 1. The zero-order chi connectivity index (χ0) is 16.7. The van der Waals surface area contributed by atoms with Gasteiger partial charge >= 0.3 is 0 Å². The van der Waals surface area contributed by atoms with Crippen molar-refractivity contribution in [3.05, 3.63) is 53.2 Å². The van der Waals surface area contributed by atoms with Crippen molar-refractivity contribution in [1.29, 1.82) is 0 Å². The molecule has 0 unspecified atom stereocenters. The quantitative estimate of drug-likeness (QED) is 0.769. The van der Waals surface area contributed by atoms with Gasteiger partial charge in [-0.3, -0.25) is 4.79 Å². The summed E-state index contributed by atoms with van der Waals surface area (Å²) in [5, 5.41) is 4.37. The van der Waals surface area contributed by atoms with E-state index < -0.39 is 0 Å². The number of carbonyl (C=O) groups excluding carboxylic acids is 1. The molecule has 1 amide bonds. The molecule has 5 nitrogen and oxygen atoms in total. The highest BCUT2D eigenvalue weighted by Crippen LogP contribution is 2.33. The van der Waals surface area contributed by atoms with Crippen LogP contribution in [0.1, 0.15) is 10.5 Å². The summed E-state index contributed by atoms with van der Waals surface area (Å²) >= 11 is 6.21. The second-order valence-corrected chi connectivity index (χ2v) is 5.98. The molecule has 122 valence electrons. The van der Waals surface area contributed by atoms with Crippen molar-refractivity contribution in [2.75, 3.05) is 18.5 Å². The summed E-state index contributed by atoms with van der Waals surface area (Å²) in [6.45, 7) is 1.04. The Hall–Kier alpha value is -2.66. The van der Waals surface area contributed by atoms with Gasteiger partial charge in [0.05, 0.1) is 0 Å². The van der Waals surface area contributed by atoms with E-state index in [1.165, 1.54) is 0 Å². The van der Waals surface area contributed by atoms with Gasteiger partial charge in [-0.05, 0) is 30.3 Å². The minimum atomic E-state index is -0.207. The normalized spacial score (nSPS) is 13.1. The Morgan fingerprint density at radius 2 is 1.92 bits per heavy atom. The Bertz CT molecular complexity index is 949. The Labute approximate surface area is 143 Å². The van der Waals surface area contributed by atoms with Crippen LogP contribution in [0.15, 0.2) is 42.5 Å². The first-order valence-electron chi connectivity index (χ1n) is 7.58. The molecule has 24 heavy (non-hydrogen) atoms. The topological polar surface area (TPSA) is 52.5 Å². The molecule has 3 aromatic rings. The van der Waals surface area contributed by atoms with Gasteiger partial charge in [0.1, 0.15) is 18.9 Å². The van der Waals surface area contributed by atoms with E-state index in [-0.39, 0.29) is 5.91 Å². The van der Waals surface area contributed by atoms with E-state index in [9.17, 15) is 4.79 Å². The average molecular weight is 343 g/mol. The molecule has 0 spiro atoms. The highest BCUT2D eigenvalue weighted by Gasteiger charge is 2.17. The molecule has 6 heteroatoms. The molecular weight excluding hydrogens is 328 g/mol. The number of ether oxygens (including phenoxy) is 2. The molecule has 0 saturated heterocycles. The maximum atomic E-state index is 12.6. The maximum Gasteiger partial charge on any atom is 0.272 e. The monoisotopic (exact) mass is 342 g/mol. The largest absolute Gasteiger partial charge is 0.486 e. The average Bonchev–Trinajstić information content (AvgIpc) is 2.93. The van der Waals surface area contributed by atoms with Gasteiger partial charge in [0.25, 0.3) is 5.91 Å². The number of fused-ring (bicyclic) bond motifs is 2. The summed E-state index contributed by atoms with van der Waals surface area (Å²) in [7, 11) is 1.84. The smallest absolute Gasteiger partial charge is 0.272 e. The van der Waals surface area contributed by atoms with Gasteiger partial charge in [-0.1, -0.05) is 17.7 Å². The lowest BCUT2D eigenvalue weighted by molar-refractivity contribution is 0.101. The summed E-state index contributed by atoms with van der Waals surface area (Å²) in [4.78, 5) is 12.6. The molecular formula is C18H15ClN2O3. The standard InChI is InChI=1S/C18H15ClN2O3/c1-21-14-4-2-3-13(19)12(14)10-15(21)18(22)20-11-5-6-16-17(9-11)24-8-7-23-16/h2-6,9-10H,7-8H2,1H3,(H,20,22). The van der Waals surface area contributed by atoms with Crippen molar-refractivity contribution < 1.29 is 14.3 Å². The van der Waals surface area contributed by atoms with Crippen molar-refractivity contribution >= 4 is 34.1 Å². The predicted octanol–water partition coefficient (Wildman–Crippen LogP) is 3.86. The minimum absolute atomic E-state index is 0.207. The lowest BCUT2D eigenvalue weighted by atomic mass is 10.2. The van der Waals surface area contributed by atoms with Crippen LogP contribution >= 0.6 is 11.6 Å². The molecule has 1 aromatic heterocycles. The van der Waals surface area contributed by atoms with E-state index in [1.807, 2.05) is 29.8 Å². The number of hydrogen-bond acceptors (Lipinski definition) is 3. The number of anilines is 1. The fraction of sp³-hybridized carbons (Fsp3) is 0.167. The minimum Gasteiger partial charge on any atom is -0.486 e. The maximum absolute atomic E-state index is 12.6. The molecule has 0 radical (unpaired) electrons. The van der Waals surface area contributed by atoms with Crippen molar-refractivity contribution in [2.24, 2.45) is 7.05 Å². The fourth-order valence-electron chi connectivity index (χ4n) is 2.86. The summed E-state index contributed by atoms with van der Waals surface area (Å²) in [5.41, 5.74) is 2.10. The number of aromatic nitrogens is 1. The van der Waals surface area contributed by atoms with Gasteiger partial charge in [-0.2, -0.15) is 0 Å². The van der Waals surface area contributed by atoms with E-state index in [4.69, 9.17) is 21.1 Å². The van der Waals surface area contributed by atoms with E-state index in [0.29, 0.717) is 41.1 Å². The molecule has 2 heterocycles. The van der Waals surface area contributed by atoms with Crippen LogP contribution in [0, 0.1) is 0 Å². The first-order chi connectivity index (χ1) is 11.6. The van der Waals surface area contributed by atoms with Gasteiger partial charge in [0.2, 0.25) is 0 Å². The van der Waals surface area contributed by atoms with Crippen molar-refractivity contribution in [2.45, 2.75) is 0 Å². The van der Waals surface area contributed by atoms with Crippen LogP contribution < -0.4 is 14.8 Å². The number of rotatable bonds is 2. The van der Waals surface area contributed by atoms with E-state index in [0.717, 1.165) is 10.9 Å². The summed E-state index contributed by atoms with van der Waals surface area (Å²) in [6, 6.07) is 12.8. The van der Waals surface area contributed by atoms with E-state index in [1.54, 1.807) is 24.3 Å². The Kier molecular flexibility index (Phi) is 3.58. The highest BCUT2D eigenvalue weighted by atomic mass is 35.5. The van der Waals surface area contributed by atoms with E-state index >= 15 is 0 Å². The second-order valence-electron chi connectivity index (χ2n) is 5.57. The third-order valence-corrected chi connectivity index (χ3v) is 4.40. The number of hydrogen-bond donors (Lipinski definition) is 1. The van der Waals surface area contributed by atoms with Gasteiger partial charge < -0.3 is 19.4 Å². The number of aryl methyl sites for hydroxylation is 1. The summed E-state index contributed by atoms with van der Waals surface area (Å²) in [6.07, 6.45) is 0. The number of benzene rings is 2. The van der Waals surface area contributed by atoms with Crippen LogP contribution in [-0.2, 0) is 7.05 Å². The predicted molar refractivity (Wildman–Crippen MR) is 93.3 cm³/mol. The lowest BCUT2D eigenvalue weighted by Gasteiger charge is -2.19. The molecule has 1 aliphatic heterocycles. The van der Waals surface area contributed by atoms with Crippen molar-refractivity contribution in [3.8, 4) is 11.5 Å². The molecule has 1 N–H and O–H groups in total. The fourth-order valence-corrected chi connectivity index (χ4v) is 3.08. The third kappa shape index (κ3) is 2.47. The summed E-state index contributed by atoms with van der Waals surface area (Å²) < 4.78 is 12.9. The highest BCUT2D eigenvalue weighted by molar-refractivity contribution is 6.35. The second kappa shape index (κ2) is 5.76. The zero-order valence-electron chi connectivity index (χ0n) is 13.0. The van der Waals surface area contributed by atoms with Crippen LogP contribution in [0.2, 0.25) is 5.02 Å². The van der Waals surface area contributed by atoms with Crippen LogP contribution in [0.3, 0.4) is 0 Å². The molecule has 0 aliphatic carbocycles. The molecule has 0 fully saturated rings. The molecule has 1 aliphatic rings. The van der Waals surface area contributed by atoms with Crippen LogP contribution in [0.25, 0.3) is 10.9 Å². The van der Waals surface area contributed by atoms with Crippen molar-refractivity contribution in [3.63, 3.8) is 0 Å². The number of carbonyl (C=O) groups is 1. The van der Waals surface area contributed by atoms with Crippen LogP contribution in [0.4, 0.5) is 5.69 Å². The van der Waals surface area contributed by atoms with Crippen LogP contribution in [0.5, 0.6) is 11.5 Å². The van der Waals surface area contributed by atoms with Gasteiger partial charge in [0, 0.05) is 34.7 Å². The number of amides is 1. The Balaban J connectivity index is 1.65. The summed E-state index contributed by atoms with van der Waals surface area (Å²) in [5.74, 6) is 1.12. The number of nitrogens with one attached hydrogen (secondary N) is 1. The Morgan fingerprint density at radius 1 is 1.12 bits per heavy atom. The molecule has 0 saturated carbocycles. The zero-order valence-corrected chi connectivity index (χ0v) is 13.8. The van der Waals surface area contributed by atoms with Crippen molar-refractivity contribution in [1.82, 2.24) is 4.57 Å². The van der Waals surface area contributed by atoms with E-state index in [2.05, 4.69) is 5.32 Å². The molecule has 2 aromatic carbocycles. The molecule has 4 rings (SSSR count). The van der Waals surface area contributed by atoms with Gasteiger partial charge in [-0.25, -0.2) is 0 Å². The Morgan fingerprint density at radius 3 is 2.71 bits per heavy atom. The first-order valence-corrected chi connectivity index (χ1v) is 7.96. The van der Waals surface area contributed by atoms with Crippen LogP contribution in [-0.4, -0.2) is 23.7 Å². The number of nitrogens with zero attached hydrogens (tertiary/aromatic N) is 1. The van der Waals surface area contributed by atoms with Gasteiger partial charge in [0.15, 0.2) is 11.5 Å². The first kappa shape index (κ1) is 14.9. The SMILES string of the molecule is Cn1c(C(=O)Nc2ccc3c(c2)OCCO3)cc2c(Cl)cccc21. The molecule has 0 atom stereocenters.